The van der Waals surface area contributed by atoms with E-state index in [2.05, 4.69) is 10.3 Å². The molecule has 1 fully saturated rings. The molecule has 2 rings (SSSR count). The topological polar surface area (TPSA) is 88.0 Å². The Labute approximate surface area is 109 Å². The molecule has 0 atom stereocenters. The van der Waals surface area contributed by atoms with Crippen LogP contribution in [0.1, 0.15) is 36.2 Å². The molecular formula is C11H14ClN3O3. The lowest BCUT2D eigenvalue weighted by atomic mass is 9.95. The van der Waals surface area contributed by atoms with Gasteiger partial charge < -0.3 is 10.3 Å². The number of H-pyrrole nitrogens is 1. The third kappa shape index (κ3) is 3.01. The van der Waals surface area contributed by atoms with Crippen LogP contribution in [-0.4, -0.2) is 27.2 Å². The molecule has 6 nitrogen and oxygen atoms in total. The van der Waals surface area contributed by atoms with E-state index in [0.717, 1.165) is 25.7 Å². The summed E-state index contributed by atoms with van der Waals surface area (Å²) in [6.07, 6.45) is 4.69. The molecule has 1 aromatic rings. The van der Waals surface area contributed by atoms with Gasteiger partial charge >= 0.3 is 0 Å². The minimum Gasteiger partial charge on any atom is -0.351 e. The highest BCUT2D eigenvalue weighted by molar-refractivity contribution is 6.20. The predicted octanol–water partition coefficient (Wildman–Crippen LogP) is 2.20. The van der Waals surface area contributed by atoms with Crippen molar-refractivity contribution in [1.29, 1.82) is 0 Å². The summed E-state index contributed by atoms with van der Waals surface area (Å²) in [4.78, 5) is 24.4. The van der Waals surface area contributed by atoms with E-state index in [1.54, 1.807) is 0 Å². The zero-order chi connectivity index (χ0) is 13.1. The number of hydrogen-bond acceptors (Lipinski definition) is 3. The number of hydrogen-bond donors (Lipinski definition) is 2. The van der Waals surface area contributed by atoms with E-state index < -0.39 is 4.92 Å². The van der Waals surface area contributed by atoms with Gasteiger partial charge in [0.2, 0.25) is 0 Å². The third-order valence-electron chi connectivity index (χ3n) is 3.12. The second kappa shape index (κ2) is 5.39. The molecule has 1 saturated carbocycles. The van der Waals surface area contributed by atoms with E-state index in [0.29, 0.717) is 0 Å². The number of halogens is 1. The van der Waals surface area contributed by atoms with Crippen molar-refractivity contribution in [1.82, 2.24) is 10.3 Å². The maximum absolute atomic E-state index is 11.8. The number of carbonyl (C=O) groups is 1. The fraction of sp³-hybridized carbons (Fsp3) is 0.545. The summed E-state index contributed by atoms with van der Waals surface area (Å²) in [6, 6.07) is 1.34. The molecule has 0 spiro atoms. The number of nitro groups is 1. The van der Waals surface area contributed by atoms with Crippen molar-refractivity contribution >= 4 is 23.2 Å². The van der Waals surface area contributed by atoms with Gasteiger partial charge in [0.05, 0.1) is 11.1 Å². The molecule has 1 heterocycles. The zero-order valence-electron chi connectivity index (χ0n) is 9.69. The first-order valence-corrected chi connectivity index (χ1v) is 6.27. The Morgan fingerprint density at radius 1 is 1.44 bits per heavy atom. The Bertz CT molecular complexity index is 452. The van der Waals surface area contributed by atoms with Gasteiger partial charge in [-0.1, -0.05) is 0 Å². The highest BCUT2D eigenvalue weighted by Crippen LogP contribution is 2.23. The van der Waals surface area contributed by atoms with Gasteiger partial charge in [-0.15, -0.1) is 11.6 Å². The second-order valence-electron chi connectivity index (χ2n) is 4.45. The van der Waals surface area contributed by atoms with E-state index in [4.69, 9.17) is 11.6 Å². The summed E-state index contributed by atoms with van der Waals surface area (Å²) in [7, 11) is 0. The minimum atomic E-state index is -0.536. The average Bonchev–Trinajstić information content (AvgIpc) is 2.81. The molecule has 0 aliphatic heterocycles. The SMILES string of the molecule is O=C(NC1CCC(Cl)CC1)c1cc([N+](=O)[O-])c[nH]1. The molecule has 7 heteroatoms. The minimum absolute atomic E-state index is 0.106. The van der Waals surface area contributed by atoms with Gasteiger partial charge in [0.25, 0.3) is 11.6 Å². The lowest BCUT2D eigenvalue weighted by Gasteiger charge is -2.25. The van der Waals surface area contributed by atoms with Crippen molar-refractivity contribution in [3.05, 3.63) is 28.1 Å². The number of aromatic nitrogens is 1. The molecular weight excluding hydrogens is 258 g/mol. The van der Waals surface area contributed by atoms with Gasteiger partial charge in [-0.25, -0.2) is 0 Å². The number of aromatic amines is 1. The molecule has 1 aliphatic rings. The largest absolute Gasteiger partial charge is 0.351 e. The van der Waals surface area contributed by atoms with Gasteiger partial charge in [-0.2, -0.15) is 0 Å². The Hall–Kier alpha value is -1.56. The Morgan fingerprint density at radius 3 is 2.67 bits per heavy atom. The highest BCUT2D eigenvalue weighted by atomic mass is 35.5. The van der Waals surface area contributed by atoms with Gasteiger partial charge in [-0.05, 0) is 25.7 Å². The van der Waals surface area contributed by atoms with E-state index in [1.165, 1.54) is 12.3 Å². The second-order valence-corrected chi connectivity index (χ2v) is 5.07. The van der Waals surface area contributed by atoms with Crippen molar-refractivity contribution in [3.63, 3.8) is 0 Å². The molecule has 1 amide bonds. The van der Waals surface area contributed by atoms with Crippen LogP contribution in [-0.2, 0) is 0 Å². The molecule has 2 N–H and O–H groups in total. The normalized spacial score (nSPS) is 23.6. The molecule has 0 aromatic carbocycles. The quantitative estimate of drug-likeness (QED) is 0.502. The average molecular weight is 272 g/mol. The van der Waals surface area contributed by atoms with Crippen LogP contribution in [0.5, 0.6) is 0 Å². The van der Waals surface area contributed by atoms with Crippen LogP contribution in [0.3, 0.4) is 0 Å². The molecule has 0 radical (unpaired) electrons. The van der Waals surface area contributed by atoms with E-state index >= 15 is 0 Å². The third-order valence-corrected chi connectivity index (χ3v) is 3.55. The molecule has 0 saturated heterocycles. The fourth-order valence-corrected chi connectivity index (χ4v) is 2.33. The molecule has 0 unspecified atom stereocenters. The summed E-state index contributed by atoms with van der Waals surface area (Å²) in [6.45, 7) is 0. The van der Waals surface area contributed by atoms with Crippen LogP contribution in [0.2, 0.25) is 0 Å². The van der Waals surface area contributed by atoms with Crippen LogP contribution in [0.25, 0.3) is 0 Å². The molecule has 1 aromatic heterocycles. The fourth-order valence-electron chi connectivity index (χ4n) is 2.08. The Morgan fingerprint density at radius 2 is 2.11 bits per heavy atom. The van der Waals surface area contributed by atoms with Gasteiger partial charge in [0.15, 0.2) is 0 Å². The first-order chi connectivity index (χ1) is 8.56. The van der Waals surface area contributed by atoms with Gasteiger partial charge in [0, 0.05) is 17.5 Å². The Kier molecular flexibility index (Phi) is 3.86. The summed E-state index contributed by atoms with van der Waals surface area (Å²) in [5.41, 5.74) is 0.110. The lowest BCUT2D eigenvalue weighted by Crippen LogP contribution is -2.37. The molecule has 98 valence electrons. The van der Waals surface area contributed by atoms with Crippen LogP contribution in [0.15, 0.2) is 12.3 Å². The van der Waals surface area contributed by atoms with Crippen molar-refractivity contribution in [2.45, 2.75) is 37.1 Å². The van der Waals surface area contributed by atoms with E-state index in [1.807, 2.05) is 0 Å². The lowest BCUT2D eigenvalue weighted by molar-refractivity contribution is -0.384. The number of nitrogens with one attached hydrogen (secondary N) is 2. The predicted molar refractivity (Wildman–Crippen MR) is 66.8 cm³/mol. The number of amides is 1. The van der Waals surface area contributed by atoms with Crippen LogP contribution in [0.4, 0.5) is 5.69 Å². The number of carbonyl (C=O) groups excluding carboxylic acids is 1. The first-order valence-electron chi connectivity index (χ1n) is 5.84. The zero-order valence-corrected chi connectivity index (χ0v) is 10.4. The van der Waals surface area contributed by atoms with Crippen molar-refractivity contribution in [2.24, 2.45) is 0 Å². The standard InChI is InChI=1S/C11H14ClN3O3/c12-7-1-3-8(4-2-7)14-11(16)10-5-9(6-13-10)15(17)18/h5-8,13H,1-4H2,(H,14,16). The van der Waals surface area contributed by atoms with Gasteiger partial charge in [0.1, 0.15) is 5.69 Å². The monoisotopic (exact) mass is 271 g/mol. The first kappa shape index (κ1) is 12.9. The van der Waals surface area contributed by atoms with Crippen LogP contribution in [0, 0.1) is 10.1 Å². The molecule has 1 aliphatic carbocycles. The molecule has 0 bridgehead atoms. The summed E-state index contributed by atoms with van der Waals surface area (Å²) in [5, 5.41) is 13.6. The smallest absolute Gasteiger partial charge is 0.287 e. The van der Waals surface area contributed by atoms with Crippen molar-refractivity contribution in [3.8, 4) is 0 Å². The van der Waals surface area contributed by atoms with Crippen LogP contribution >= 0.6 is 11.6 Å². The maximum atomic E-state index is 11.8. The number of rotatable bonds is 3. The summed E-state index contributed by atoms with van der Waals surface area (Å²) >= 11 is 5.98. The highest BCUT2D eigenvalue weighted by Gasteiger charge is 2.22. The van der Waals surface area contributed by atoms with Crippen molar-refractivity contribution < 1.29 is 9.72 Å². The van der Waals surface area contributed by atoms with Gasteiger partial charge in [-0.3, -0.25) is 14.9 Å². The maximum Gasteiger partial charge on any atom is 0.287 e. The van der Waals surface area contributed by atoms with Crippen molar-refractivity contribution in [2.75, 3.05) is 0 Å². The number of nitrogens with zero attached hydrogens (tertiary/aromatic N) is 1. The van der Waals surface area contributed by atoms with E-state index in [-0.39, 0.29) is 28.7 Å². The van der Waals surface area contributed by atoms with E-state index in [9.17, 15) is 14.9 Å². The summed E-state index contributed by atoms with van der Waals surface area (Å²) in [5.74, 6) is -0.305. The number of alkyl halides is 1. The Balaban J connectivity index is 1.93. The van der Waals surface area contributed by atoms with Crippen LogP contribution < -0.4 is 5.32 Å². The molecule has 18 heavy (non-hydrogen) atoms. The summed E-state index contributed by atoms with van der Waals surface area (Å²) < 4.78 is 0.